The second-order valence-corrected chi connectivity index (χ2v) is 3.54. The number of carbonyl (C=O) groups is 1. The molecule has 0 spiro atoms. The molecule has 3 rings (SSSR count). The molecule has 2 aromatic rings. The van der Waals surface area contributed by atoms with E-state index in [4.69, 9.17) is 5.73 Å². The van der Waals surface area contributed by atoms with Crippen molar-refractivity contribution in [1.82, 2.24) is 4.98 Å². The molecule has 1 aromatic heterocycles. The highest BCUT2D eigenvalue weighted by molar-refractivity contribution is 6.08. The average molecular weight is 202 g/mol. The minimum Gasteiger partial charge on any atom is -0.366 e. The maximum atomic E-state index is 11.1. The van der Waals surface area contributed by atoms with Gasteiger partial charge in [0.15, 0.2) is 0 Å². The summed E-state index contributed by atoms with van der Waals surface area (Å²) < 4.78 is 0. The Morgan fingerprint density at radius 2 is 2.00 bits per heavy atom. The summed E-state index contributed by atoms with van der Waals surface area (Å²) in [6, 6.07) is 3.90. The number of rotatable bonds is 1. The largest absolute Gasteiger partial charge is 0.366 e. The standard InChI is InChI=1S/C10H10N4O/c11-10(15)6-3-12-7-2-9-8(1-5(6)7)13-4-14-9/h1-3,12-14H,4H2,(H2,11,15). The predicted molar refractivity (Wildman–Crippen MR) is 58.9 cm³/mol. The highest BCUT2D eigenvalue weighted by Gasteiger charge is 2.14. The molecule has 0 fully saturated rings. The van der Waals surface area contributed by atoms with Crippen LogP contribution in [-0.2, 0) is 0 Å². The first-order valence-electron chi connectivity index (χ1n) is 4.68. The Morgan fingerprint density at radius 3 is 2.73 bits per heavy atom. The number of aromatic amines is 1. The van der Waals surface area contributed by atoms with Crippen LogP contribution in [0.5, 0.6) is 0 Å². The Labute approximate surface area is 85.6 Å². The van der Waals surface area contributed by atoms with Crippen molar-refractivity contribution in [2.45, 2.75) is 0 Å². The Kier molecular flexibility index (Phi) is 1.45. The van der Waals surface area contributed by atoms with Gasteiger partial charge in [0.05, 0.1) is 23.6 Å². The van der Waals surface area contributed by atoms with E-state index < -0.39 is 5.91 Å². The van der Waals surface area contributed by atoms with Crippen LogP contribution in [0.25, 0.3) is 10.9 Å². The highest BCUT2D eigenvalue weighted by atomic mass is 16.1. The van der Waals surface area contributed by atoms with Crippen molar-refractivity contribution in [2.75, 3.05) is 17.3 Å². The van der Waals surface area contributed by atoms with E-state index in [0.717, 1.165) is 22.3 Å². The first-order chi connectivity index (χ1) is 7.25. The van der Waals surface area contributed by atoms with E-state index >= 15 is 0 Å². The van der Waals surface area contributed by atoms with Crippen molar-refractivity contribution in [3.63, 3.8) is 0 Å². The van der Waals surface area contributed by atoms with E-state index in [1.807, 2.05) is 12.1 Å². The summed E-state index contributed by atoms with van der Waals surface area (Å²) in [5.41, 5.74) is 8.77. The molecule has 0 saturated carbocycles. The molecule has 0 aliphatic carbocycles. The monoisotopic (exact) mass is 202 g/mol. The van der Waals surface area contributed by atoms with Gasteiger partial charge in [0.2, 0.25) is 0 Å². The summed E-state index contributed by atoms with van der Waals surface area (Å²) in [5, 5.41) is 7.21. The molecular formula is C10H10N4O. The molecule has 15 heavy (non-hydrogen) atoms. The lowest BCUT2D eigenvalue weighted by atomic mass is 10.1. The fourth-order valence-corrected chi connectivity index (χ4v) is 1.90. The summed E-state index contributed by atoms with van der Waals surface area (Å²) in [5.74, 6) is -0.410. The molecule has 1 aromatic carbocycles. The number of fused-ring (bicyclic) bond motifs is 2. The number of nitrogens with one attached hydrogen (secondary N) is 3. The van der Waals surface area contributed by atoms with Gasteiger partial charge in [-0.2, -0.15) is 0 Å². The fourth-order valence-electron chi connectivity index (χ4n) is 1.90. The summed E-state index contributed by atoms with van der Waals surface area (Å²) in [7, 11) is 0. The minimum absolute atomic E-state index is 0.410. The first-order valence-corrected chi connectivity index (χ1v) is 4.68. The molecule has 5 nitrogen and oxygen atoms in total. The molecule has 0 unspecified atom stereocenters. The number of benzene rings is 1. The van der Waals surface area contributed by atoms with Crippen molar-refractivity contribution in [1.29, 1.82) is 0 Å². The number of H-pyrrole nitrogens is 1. The molecule has 1 aliphatic heterocycles. The number of carbonyl (C=O) groups excluding carboxylic acids is 1. The van der Waals surface area contributed by atoms with Crippen LogP contribution in [0, 0.1) is 0 Å². The lowest BCUT2D eigenvalue weighted by Gasteiger charge is -1.99. The van der Waals surface area contributed by atoms with Crippen LogP contribution in [0.3, 0.4) is 0 Å². The molecule has 5 N–H and O–H groups in total. The van der Waals surface area contributed by atoms with E-state index in [0.29, 0.717) is 12.2 Å². The molecule has 5 heteroatoms. The highest BCUT2D eigenvalue weighted by Crippen LogP contribution is 2.32. The van der Waals surface area contributed by atoms with E-state index in [1.165, 1.54) is 0 Å². The van der Waals surface area contributed by atoms with Gasteiger partial charge in [0.1, 0.15) is 0 Å². The van der Waals surface area contributed by atoms with Crippen molar-refractivity contribution in [2.24, 2.45) is 5.73 Å². The van der Waals surface area contributed by atoms with E-state index in [2.05, 4.69) is 15.6 Å². The number of primary amides is 1. The molecule has 0 saturated heterocycles. The fraction of sp³-hybridized carbons (Fsp3) is 0.100. The zero-order chi connectivity index (χ0) is 10.4. The van der Waals surface area contributed by atoms with Crippen LogP contribution in [0.1, 0.15) is 10.4 Å². The number of hydrogen-bond acceptors (Lipinski definition) is 3. The Bertz CT molecular complexity index is 558. The molecule has 76 valence electrons. The van der Waals surface area contributed by atoms with E-state index in [-0.39, 0.29) is 0 Å². The van der Waals surface area contributed by atoms with Crippen molar-refractivity contribution in [3.05, 3.63) is 23.9 Å². The van der Waals surface area contributed by atoms with Gasteiger partial charge in [-0.05, 0) is 12.1 Å². The Hall–Kier alpha value is -2.17. The van der Waals surface area contributed by atoms with Crippen LogP contribution in [0.2, 0.25) is 0 Å². The van der Waals surface area contributed by atoms with Gasteiger partial charge in [-0.15, -0.1) is 0 Å². The number of hydrogen-bond donors (Lipinski definition) is 4. The molecule has 0 atom stereocenters. The van der Waals surface area contributed by atoms with Crippen molar-refractivity contribution in [3.8, 4) is 0 Å². The second-order valence-electron chi connectivity index (χ2n) is 3.54. The van der Waals surface area contributed by atoms with Crippen LogP contribution >= 0.6 is 0 Å². The summed E-state index contributed by atoms with van der Waals surface area (Å²) in [6.07, 6.45) is 1.64. The topological polar surface area (TPSA) is 82.9 Å². The van der Waals surface area contributed by atoms with E-state index in [9.17, 15) is 4.79 Å². The normalized spacial score (nSPS) is 13.3. The molecule has 0 radical (unpaired) electrons. The lowest BCUT2D eigenvalue weighted by Crippen LogP contribution is -2.09. The maximum Gasteiger partial charge on any atom is 0.250 e. The molecule has 0 bridgehead atoms. The van der Waals surface area contributed by atoms with Gasteiger partial charge in [0, 0.05) is 17.1 Å². The SMILES string of the molecule is NC(=O)c1c[nH]c2cc3c(cc12)NCN3. The second kappa shape index (κ2) is 2.66. The zero-order valence-corrected chi connectivity index (χ0v) is 7.92. The first kappa shape index (κ1) is 8.16. The predicted octanol–water partition coefficient (Wildman–Crippen LogP) is 1.06. The van der Waals surface area contributed by atoms with Gasteiger partial charge < -0.3 is 21.4 Å². The van der Waals surface area contributed by atoms with Gasteiger partial charge in [0.25, 0.3) is 5.91 Å². The summed E-state index contributed by atoms with van der Waals surface area (Å²) in [6.45, 7) is 0.716. The third-order valence-electron chi connectivity index (χ3n) is 2.64. The van der Waals surface area contributed by atoms with Gasteiger partial charge >= 0.3 is 0 Å². The number of nitrogens with two attached hydrogens (primary N) is 1. The van der Waals surface area contributed by atoms with E-state index in [1.54, 1.807) is 6.20 Å². The van der Waals surface area contributed by atoms with Crippen molar-refractivity contribution < 1.29 is 4.79 Å². The summed E-state index contributed by atoms with van der Waals surface area (Å²) >= 11 is 0. The number of aromatic nitrogens is 1. The molecular weight excluding hydrogens is 192 g/mol. The average Bonchev–Trinajstić information content (AvgIpc) is 2.77. The van der Waals surface area contributed by atoms with Crippen LogP contribution in [0.4, 0.5) is 11.4 Å². The maximum absolute atomic E-state index is 11.1. The molecule has 1 aliphatic rings. The quantitative estimate of drug-likeness (QED) is 0.558. The minimum atomic E-state index is -0.410. The number of anilines is 2. The van der Waals surface area contributed by atoms with Crippen LogP contribution < -0.4 is 16.4 Å². The molecule has 1 amide bonds. The number of amides is 1. The lowest BCUT2D eigenvalue weighted by molar-refractivity contribution is 0.100. The van der Waals surface area contributed by atoms with Gasteiger partial charge in [-0.1, -0.05) is 0 Å². The van der Waals surface area contributed by atoms with Gasteiger partial charge in [-0.3, -0.25) is 4.79 Å². The summed E-state index contributed by atoms with van der Waals surface area (Å²) in [4.78, 5) is 14.2. The molecule has 2 heterocycles. The Morgan fingerprint density at radius 1 is 1.27 bits per heavy atom. The third-order valence-corrected chi connectivity index (χ3v) is 2.64. The third kappa shape index (κ3) is 1.06. The van der Waals surface area contributed by atoms with Crippen LogP contribution in [-0.4, -0.2) is 17.6 Å². The zero-order valence-electron chi connectivity index (χ0n) is 7.92. The Balaban J connectivity index is 2.31. The smallest absolute Gasteiger partial charge is 0.250 e. The van der Waals surface area contributed by atoms with Crippen molar-refractivity contribution >= 4 is 28.2 Å². The van der Waals surface area contributed by atoms with Crippen LogP contribution in [0.15, 0.2) is 18.3 Å². The van der Waals surface area contributed by atoms with Gasteiger partial charge in [-0.25, -0.2) is 0 Å².